The Hall–Kier alpha value is -1.38. The molecule has 2 rings (SSSR count). The molecular weight excluding hydrogens is 246 g/mol. The monoisotopic (exact) mass is 263 g/mol. The minimum atomic E-state index is 0.0213. The molecule has 2 N–H and O–H groups in total. The molecule has 0 spiro atoms. The van der Waals surface area contributed by atoms with Crippen molar-refractivity contribution in [2.75, 3.05) is 18.4 Å². The van der Waals surface area contributed by atoms with Gasteiger partial charge in [-0.3, -0.25) is 4.79 Å². The summed E-state index contributed by atoms with van der Waals surface area (Å²) in [6, 6.07) is 2.17. The summed E-state index contributed by atoms with van der Waals surface area (Å²) in [5.41, 5.74) is 1.58. The van der Waals surface area contributed by atoms with Crippen LogP contribution in [-0.4, -0.2) is 19.0 Å². The number of hydrogen-bond acceptors (Lipinski definition) is 4. The molecule has 18 heavy (non-hydrogen) atoms. The number of piperidine rings is 1. The zero-order chi connectivity index (χ0) is 13.1. The van der Waals surface area contributed by atoms with Crippen molar-refractivity contribution >= 4 is 22.2 Å². The van der Waals surface area contributed by atoms with E-state index in [1.807, 2.05) is 13.8 Å². The zero-order valence-corrected chi connectivity index (χ0v) is 11.5. The van der Waals surface area contributed by atoms with Gasteiger partial charge in [0.05, 0.1) is 11.5 Å². The van der Waals surface area contributed by atoms with Crippen molar-refractivity contribution in [1.29, 1.82) is 5.26 Å². The summed E-state index contributed by atoms with van der Waals surface area (Å²) >= 11 is 1.48. The van der Waals surface area contributed by atoms with Gasteiger partial charge in [0.2, 0.25) is 5.91 Å². The van der Waals surface area contributed by atoms with Crippen molar-refractivity contribution in [1.82, 2.24) is 5.32 Å². The fraction of sp³-hybridized carbons (Fsp3) is 0.538. The first-order chi connectivity index (χ1) is 8.63. The number of aryl methyl sites for hydroxylation is 1. The van der Waals surface area contributed by atoms with E-state index < -0.39 is 0 Å². The van der Waals surface area contributed by atoms with Crippen LogP contribution in [0.25, 0.3) is 0 Å². The molecule has 1 saturated heterocycles. The topological polar surface area (TPSA) is 64.9 Å². The molecule has 1 aliphatic heterocycles. The lowest BCUT2D eigenvalue weighted by atomic mass is 9.99. The molecule has 1 aromatic rings. The summed E-state index contributed by atoms with van der Waals surface area (Å²) in [7, 11) is 0. The van der Waals surface area contributed by atoms with Crippen LogP contribution >= 0.6 is 11.3 Å². The van der Waals surface area contributed by atoms with E-state index in [0.717, 1.165) is 36.4 Å². The number of amides is 1. The highest BCUT2D eigenvalue weighted by molar-refractivity contribution is 7.16. The van der Waals surface area contributed by atoms with E-state index in [9.17, 15) is 4.79 Å². The number of nitrogens with zero attached hydrogens (tertiary/aromatic N) is 1. The summed E-state index contributed by atoms with van der Waals surface area (Å²) in [5, 5.41) is 16.0. The Morgan fingerprint density at radius 2 is 2.33 bits per heavy atom. The van der Waals surface area contributed by atoms with Crippen LogP contribution in [0, 0.1) is 31.1 Å². The van der Waals surface area contributed by atoms with Gasteiger partial charge in [-0.15, -0.1) is 11.3 Å². The Morgan fingerprint density at radius 3 is 2.94 bits per heavy atom. The van der Waals surface area contributed by atoms with Crippen molar-refractivity contribution in [3.8, 4) is 6.07 Å². The second kappa shape index (κ2) is 5.51. The molecule has 2 heterocycles. The summed E-state index contributed by atoms with van der Waals surface area (Å²) in [4.78, 5) is 13.2. The fourth-order valence-electron chi connectivity index (χ4n) is 2.14. The molecule has 5 heteroatoms. The van der Waals surface area contributed by atoms with Gasteiger partial charge in [0.1, 0.15) is 11.1 Å². The number of thiophene rings is 1. The number of carbonyl (C=O) groups excluding carboxylic acids is 1. The Balaban J connectivity index is 2.11. The first kappa shape index (κ1) is 13.1. The molecule has 0 aliphatic carbocycles. The standard InChI is InChI=1S/C13H17N3OS/c1-8-9(2)18-13(11(8)6-14)16-12(17)10-4-3-5-15-7-10/h10,15H,3-5,7H2,1-2H3,(H,16,17)/t10-/m1/s1. The molecule has 1 amide bonds. The van der Waals surface area contributed by atoms with Crippen molar-refractivity contribution in [3.63, 3.8) is 0 Å². The van der Waals surface area contributed by atoms with Gasteiger partial charge in [-0.2, -0.15) is 5.26 Å². The molecule has 1 fully saturated rings. The van der Waals surface area contributed by atoms with Crippen molar-refractivity contribution < 1.29 is 4.79 Å². The van der Waals surface area contributed by atoms with Crippen LogP contribution in [0.1, 0.15) is 28.8 Å². The highest BCUT2D eigenvalue weighted by Gasteiger charge is 2.23. The van der Waals surface area contributed by atoms with Crippen molar-refractivity contribution in [2.24, 2.45) is 5.92 Å². The third kappa shape index (κ3) is 2.55. The van der Waals surface area contributed by atoms with Crippen LogP contribution in [0.5, 0.6) is 0 Å². The molecule has 0 saturated carbocycles. The normalized spacial score (nSPS) is 19.3. The molecule has 1 atom stereocenters. The molecule has 0 aromatic carbocycles. The van der Waals surface area contributed by atoms with E-state index in [1.165, 1.54) is 11.3 Å². The molecule has 0 radical (unpaired) electrons. The Kier molecular flexibility index (Phi) is 4.00. The summed E-state index contributed by atoms with van der Waals surface area (Å²) < 4.78 is 0. The number of rotatable bonds is 2. The van der Waals surface area contributed by atoms with Gasteiger partial charge in [0.15, 0.2) is 0 Å². The number of nitriles is 1. The number of hydrogen-bond donors (Lipinski definition) is 2. The Bertz CT molecular complexity index is 495. The van der Waals surface area contributed by atoms with Crippen LogP contribution in [-0.2, 0) is 4.79 Å². The molecule has 4 nitrogen and oxygen atoms in total. The second-order valence-electron chi connectivity index (χ2n) is 4.63. The molecule has 1 aliphatic rings. The van der Waals surface area contributed by atoms with E-state index in [-0.39, 0.29) is 11.8 Å². The van der Waals surface area contributed by atoms with E-state index in [2.05, 4.69) is 16.7 Å². The highest BCUT2D eigenvalue weighted by atomic mass is 32.1. The van der Waals surface area contributed by atoms with E-state index >= 15 is 0 Å². The van der Waals surface area contributed by atoms with Gasteiger partial charge in [0.25, 0.3) is 0 Å². The number of nitrogens with one attached hydrogen (secondary N) is 2. The summed E-state index contributed by atoms with van der Waals surface area (Å²) in [5.74, 6) is 0.0490. The van der Waals surface area contributed by atoms with E-state index in [1.54, 1.807) is 0 Å². The first-order valence-corrected chi connectivity index (χ1v) is 6.96. The molecule has 0 unspecified atom stereocenters. The SMILES string of the molecule is Cc1sc(NC(=O)[C@@H]2CCCNC2)c(C#N)c1C. The van der Waals surface area contributed by atoms with Crippen LogP contribution in [0.15, 0.2) is 0 Å². The van der Waals surface area contributed by atoms with Gasteiger partial charge in [-0.1, -0.05) is 0 Å². The lowest BCUT2D eigenvalue weighted by molar-refractivity contribution is -0.120. The maximum atomic E-state index is 12.1. The van der Waals surface area contributed by atoms with Crippen molar-refractivity contribution in [2.45, 2.75) is 26.7 Å². The summed E-state index contributed by atoms with van der Waals surface area (Å²) in [6.45, 7) is 5.61. The minimum absolute atomic E-state index is 0.0213. The third-order valence-electron chi connectivity index (χ3n) is 3.40. The predicted molar refractivity (Wildman–Crippen MR) is 72.7 cm³/mol. The molecule has 0 bridgehead atoms. The van der Waals surface area contributed by atoms with Crippen LogP contribution in [0.2, 0.25) is 0 Å². The van der Waals surface area contributed by atoms with Gasteiger partial charge in [-0.05, 0) is 38.8 Å². The number of anilines is 1. The average Bonchev–Trinajstić information content (AvgIpc) is 2.65. The van der Waals surface area contributed by atoms with E-state index in [4.69, 9.17) is 5.26 Å². The smallest absolute Gasteiger partial charge is 0.229 e. The van der Waals surface area contributed by atoms with Crippen LogP contribution in [0.4, 0.5) is 5.00 Å². The average molecular weight is 263 g/mol. The second-order valence-corrected chi connectivity index (χ2v) is 5.86. The minimum Gasteiger partial charge on any atom is -0.316 e. The zero-order valence-electron chi connectivity index (χ0n) is 10.7. The van der Waals surface area contributed by atoms with Crippen LogP contribution in [0.3, 0.4) is 0 Å². The molecule has 1 aromatic heterocycles. The lowest BCUT2D eigenvalue weighted by Crippen LogP contribution is -2.37. The lowest BCUT2D eigenvalue weighted by Gasteiger charge is -2.21. The van der Waals surface area contributed by atoms with Gasteiger partial charge < -0.3 is 10.6 Å². The Morgan fingerprint density at radius 1 is 1.56 bits per heavy atom. The molecular formula is C13H17N3OS. The Labute approximate surface area is 111 Å². The largest absolute Gasteiger partial charge is 0.316 e. The maximum Gasteiger partial charge on any atom is 0.229 e. The number of carbonyl (C=O) groups is 1. The van der Waals surface area contributed by atoms with Crippen molar-refractivity contribution in [3.05, 3.63) is 16.0 Å². The van der Waals surface area contributed by atoms with Gasteiger partial charge >= 0.3 is 0 Å². The van der Waals surface area contributed by atoms with Gasteiger partial charge in [-0.25, -0.2) is 0 Å². The molecule has 96 valence electrons. The maximum absolute atomic E-state index is 12.1. The third-order valence-corrected chi connectivity index (χ3v) is 4.52. The first-order valence-electron chi connectivity index (χ1n) is 6.15. The van der Waals surface area contributed by atoms with Crippen LogP contribution < -0.4 is 10.6 Å². The highest BCUT2D eigenvalue weighted by Crippen LogP contribution is 2.32. The van der Waals surface area contributed by atoms with Gasteiger partial charge in [0, 0.05) is 11.4 Å². The van der Waals surface area contributed by atoms with E-state index in [0.29, 0.717) is 10.6 Å². The predicted octanol–water partition coefficient (Wildman–Crippen LogP) is 2.17. The summed E-state index contributed by atoms with van der Waals surface area (Å²) in [6.07, 6.45) is 1.95. The quantitative estimate of drug-likeness (QED) is 0.859. The fourth-order valence-corrected chi connectivity index (χ4v) is 3.15.